The Morgan fingerprint density at radius 1 is 1.36 bits per heavy atom. The van der Waals surface area contributed by atoms with Crippen molar-refractivity contribution in [3.8, 4) is 5.75 Å². The molecule has 2 N–H and O–H groups in total. The Kier molecular flexibility index (Phi) is 4.72. The van der Waals surface area contributed by atoms with Crippen molar-refractivity contribution in [3.63, 3.8) is 0 Å². The number of nitrogens with zero attached hydrogens (tertiary/aromatic N) is 3. The monoisotopic (exact) mass is 304 g/mol. The minimum atomic E-state index is -1.18. The van der Waals surface area contributed by atoms with Gasteiger partial charge in [0.2, 0.25) is 5.91 Å². The predicted octanol–water partition coefficient (Wildman–Crippen LogP) is 1.32. The van der Waals surface area contributed by atoms with E-state index < -0.39 is 5.97 Å². The molecule has 1 aromatic carbocycles. The molecule has 0 atom stereocenters. The van der Waals surface area contributed by atoms with Crippen LogP contribution in [0.1, 0.15) is 23.1 Å². The van der Waals surface area contributed by atoms with Crippen LogP contribution >= 0.6 is 0 Å². The maximum absolute atomic E-state index is 12.1. The predicted molar refractivity (Wildman–Crippen MR) is 78.0 cm³/mol. The van der Waals surface area contributed by atoms with Crippen LogP contribution in [0, 0.1) is 6.92 Å². The third kappa shape index (κ3) is 3.40. The minimum absolute atomic E-state index is 0.132. The summed E-state index contributed by atoms with van der Waals surface area (Å²) in [5.74, 6) is -0.956. The van der Waals surface area contributed by atoms with Crippen molar-refractivity contribution in [1.29, 1.82) is 0 Å². The lowest BCUT2D eigenvalue weighted by Crippen LogP contribution is -2.21. The molecule has 0 unspecified atom stereocenters. The number of hydrogen-bond acceptors (Lipinski definition) is 5. The standard InChI is InChI=1S/C14H16N4O4/c1-3-22-11-7-5-4-6-10(11)15-12(19)8-18-9(2)13(14(20)21)16-17-18/h4-7H,3,8H2,1-2H3,(H,15,19)(H,20,21). The highest BCUT2D eigenvalue weighted by Gasteiger charge is 2.17. The van der Waals surface area contributed by atoms with Crippen molar-refractivity contribution in [2.24, 2.45) is 0 Å². The quantitative estimate of drug-likeness (QED) is 0.833. The molecule has 0 aliphatic carbocycles. The number of rotatable bonds is 6. The van der Waals surface area contributed by atoms with Crippen LogP contribution < -0.4 is 10.1 Å². The van der Waals surface area contributed by atoms with E-state index in [9.17, 15) is 9.59 Å². The van der Waals surface area contributed by atoms with Crippen LogP contribution in [-0.2, 0) is 11.3 Å². The molecule has 0 saturated carbocycles. The molecule has 0 spiro atoms. The largest absolute Gasteiger partial charge is 0.492 e. The Balaban J connectivity index is 2.09. The first kappa shape index (κ1) is 15.5. The summed E-state index contributed by atoms with van der Waals surface area (Å²) >= 11 is 0. The average Bonchev–Trinajstić information content (AvgIpc) is 2.83. The number of para-hydroxylation sites is 2. The zero-order chi connectivity index (χ0) is 16.1. The lowest BCUT2D eigenvalue weighted by molar-refractivity contribution is -0.117. The van der Waals surface area contributed by atoms with Crippen LogP contribution in [0.3, 0.4) is 0 Å². The number of carbonyl (C=O) groups excluding carboxylic acids is 1. The number of nitrogens with one attached hydrogen (secondary N) is 1. The first-order chi connectivity index (χ1) is 10.5. The van der Waals surface area contributed by atoms with Crippen LogP contribution in [0.4, 0.5) is 5.69 Å². The van der Waals surface area contributed by atoms with Crippen molar-refractivity contribution in [1.82, 2.24) is 15.0 Å². The molecule has 2 rings (SSSR count). The Hall–Kier alpha value is -2.90. The maximum Gasteiger partial charge on any atom is 0.358 e. The normalized spacial score (nSPS) is 10.3. The summed E-state index contributed by atoms with van der Waals surface area (Å²) in [6.45, 7) is 3.75. The zero-order valence-corrected chi connectivity index (χ0v) is 12.2. The highest BCUT2D eigenvalue weighted by atomic mass is 16.5. The first-order valence-corrected chi connectivity index (χ1v) is 6.68. The zero-order valence-electron chi connectivity index (χ0n) is 12.2. The van der Waals surface area contributed by atoms with E-state index in [1.54, 1.807) is 31.2 Å². The molecule has 116 valence electrons. The van der Waals surface area contributed by atoms with Gasteiger partial charge in [-0.25, -0.2) is 9.48 Å². The van der Waals surface area contributed by atoms with Crippen LogP contribution in [0.15, 0.2) is 24.3 Å². The molecule has 1 aromatic heterocycles. The van der Waals surface area contributed by atoms with E-state index in [1.807, 2.05) is 6.92 Å². The summed E-state index contributed by atoms with van der Waals surface area (Å²) < 4.78 is 6.66. The van der Waals surface area contributed by atoms with Crippen molar-refractivity contribution in [3.05, 3.63) is 35.7 Å². The molecule has 0 saturated heterocycles. The smallest absolute Gasteiger partial charge is 0.358 e. The number of hydrogen-bond donors (Lipinski definition) is 2. The van der Waals surface area contributed by atoms with E-state index in [2.05, 4.69) is 15.6 Å². The van der Waals surface area contributed by atoms with Crippen LogP contribution in [0.5, 0.6) is 5.75 Å². The molecular formula is C14H16N4O4. The Morgan fingerprint density at radius 3 is 2.73 bits per heavy atom. The fraction of sp³-hybridized carbons (Fsp3) is 0.286. The van der Waals surface area contributed by atoms with Gasteiger partial charge in [0, 0.05) is 0 Å². The van der Waals surface area contributed by atoms with Gasteiger partial charge in [0.25, 0.3) is 0 Å². The molecule has 2 aromatic rings. The molecular weight excluding hydrogens is 288 g/mol. The fourth-order valence-corrected chi connectivity index (χ4v) is 1.89. The highest BCUT2D eigenvalue weighted by Crippen LogP contribution is 2.23. The van der Waals surface area contributed by atoms with Gasteiger partial charge in [-0.05, 0) is 26.0 Å². The molecule has 22 heavy (non-hydrogen) atoms. The van der Waals surface area contributed by atoms with Gasteiger partial charge in [-0.3, -0.25) is 4.79 Å². The van der Waals surface area contributed by atoms with E-state index in [0.29, 0.717) is 23.7 Å². The van der Waals surface area contributed by atoms with Crippen molar-refractivity contribution < 1.29 is 19.4 Å². The second-order valence-electron chi connectivity index (χ2n) is 4.46. The molecule has 8 heteroatoms. The van der Waals surface area contributed by atoms with E-state index in [0.717, 1.165) is 0 Å². The molecule has 0 radical (unpaired) electrons. The lowest BCUT2D eigenvalue weighted by Gasteiger charge is -2.11. The van der Waals surface area contributed by atoms with Crippen LogP contribution in [-0.4, -0.2) is 38.6 Å². The Labute approximate surface area is 126 Å². The second kappa shape index (κ2) is 6.70. The van der Waals surface area contributed by atoms with E-state index in [4.69, 9.17) is 9.84 Å². The molecule has 0 aliphatic heterocycles. The number of ether oxygens (including phenoxy) is 1. The first-order valence-electron chi connectivity index (χ1n) is 6.68. The third-order valence-corrected chi connectivity index (χ3v) is 2.94. The van der Waals surface area contributed by atoms with Gasteiger partial charge >= 0.3 is 5.97 Å². The number of aromatic carboxylic acids is 1. The minimum Gasteiger partial charge on any atom is -0.492 e. The number of anilines is 1. The Bertz CT molecular complexity index is 696. The number of carboxylic acid groups (broad SMARTS) is 1. The van der Waals surface area contributed by atoms with E-state index >= 15 is 0 Å². The van der Waals surface area contributed by atoms with Gasteiger partial charge in [0.05, 0.1) is 18.0 Å². The number of aromatic nitrogens is 3. The van der Waals surface area contributed by atoms with E-state index in [-0.39, 0.29) is 18.1 Å². The van der Waals surface area contributed by atoms with Crippen molar-refractivity contribution in [2.45, 2.75) is 20.4 Å². The van der Waals surface area contributed by atoms with E-state index in [1.165, 1.54) is 4.68 Å². The number of carbonyl (C=O) groups is 2. The van der Waals surface area contributed by atoms with Crippen LogP contribution in [0.25, 0.3) is 0 Å². The SMILES string of the molecule is CCOc1ccccc1NC(=O)Cn1nnc(C(=O)O)c1C. The lowest BCUT2D eigenvalue weighted by atomic mass is 10.3. The summed E-state index contributed by atoms with van der Waals surface area (Å²) in [6, 6.07) is 7.06. The Morgan fingerprint density at radius 2 is 2.09 bits per heavy atom. The summed E-state index contributed by atoms with van der Waals surface area (Å²) in [5, 5.41) is 18.8. The van der Waals surface area contributed by atoms with Crippen LogP contribution in [0.2, 0.25) is 0 Å². The summed E-state index contributed by atoms with van der Waals surface area (Å²) in [5.41, 5.74) is 0.703. The summed E-state index contributed by atoms with van der Waals surface area (Å²) in [4.78, 5) is 23.0. The average molecular weight is 304 g/mol. The molecule has 8 nitrogen and oxygen atoms in total. The van der Waals surface area contributed by atoms with Gasteiger partial charge in [0.1, 0.15) is 12.3 Å². The third-order valence-electron chi connectivity index (χ3n) is 2.94. The highest BCUT2D eigenvalue weighted by molar-refractivity contribution is 5.92. The van der Waals surface area contributed by atoms with Gasteiger partial charge in [-0.15, -0.1) is 5.10 Å². The number of carboxylic acids is 1. The number of benzene rings is 1. The molecule has 0 fully saturated rings. The maximum atomic E-state index is 12.1. The molecule has 0 bridgehead atoms. The topological polar surface area (TPSA) is 106 Å². The van der Waals surface area contributed by atoms with Gasteiger partial charge < -0.3 is 15.2 Å². The fourth-order valence-electron chi connectivity index (χ4n) is 1.89. The second-order valence-corrected chi connectivity index (χ2v) is 4.46. The van der Waals surface area contributed by atoms with Gasteiger partial charge in [-0.2, -0.15) is 0 Å². The van der Waals surface area contributed by atoms with Crippen molar-refractivity contribution in [2.75, 3.05) is 11.9 Å². The van der Waals surface area contributed by atoms with Gasteiger partial charge in [-0.1, -0.05) is 17.3 Å². The number of amides is 1. The summed E-state index contributed by atoms with van der Waals surface area (Å²) in [7, 11) is 0. The van der Waals surface area contributed by atoms with Gasteiger partial charge in [0.15, 0.2) is 5.69 Å². The molecule has 1 heterocycles. The van der Waals surface area contributed by atoms with Crippen molar-refractivity contribution >= 4 is 17.6 Å². The summed E-state index contributed by atoms with van der Waals surface area (Å²) in [6.07, 6.45) is 0. The molecule has 1 amide bonds. The molecule has 0 aliphatic rings.